The van der Waals surface area contributed by atoms with Gasteiger partial charge in [-0.2, -0.15) is 44.5 Å². The van der Waals surface area contributed by atoms with E-state index in [1.54, 1.807) is 0 Å². The highest BCUT2D eigenvalue weighted by molar-refractivity contribution is 5.73. The van der Waals surface area contributed by atoms with Gasteiger partial charge in [0.05, 0.1) is 0 Å². The van der Waals surface area contributed by atoms with Crippen LogP contribution in [0.25, 0.3) is 0 Å². The third-order valence-electron chi connectivity index (χ3n) is 5.93. The van der Waals surface area contributed by atoms with Crippen LogP contribution in [0.3, 0.4) is 0 Å². The average molecular weight is 644 g/mol. The van der Waals surface area contributed by atoms with E-state index in [-0.39, 0.29) is 0 Å². The van der Waals surface area contributed by atoms with Gasteiger partial charge in [-0.15, -0.1) is 0 Å². The number of nitrogens with one attached hydrogen (secondary N) is 1. The Morgan fingerprint density at radius 1 is 0.791 bits per heavy atom. The third-order valence-corrected chi connectivity index (χ3v) is 5.93. The molecule has 3 aliphatic rings. The van der Waals surface area contributed by atoms with Crippen molar-refractivity contribution < 1.29 is 74.0 Å². The second-order valence-electron chi connectivity index (χ2n) is 9.03. The summed E-state index contributed by atoms with van der Waals surface area (Å²) in [6, 6.07) is 5.12. The Morgan fingerprint density at radius 2 is 1.23 bits per heavy atom. The Kier molecular flexibility index (Phi) is 14.2. The van der Waals surface area contributed by atoms with Crippen LogP contribution in [0.2, 0.25) is 0 Å². The Morgan fingerprint density at radius 3 is 1.65 bits per heavy atom. The lowest BCUT2D eigenvalue weighted by Crippen LogP contribution is -2.44. The van der Waals surface area contributed by atoms with Gasteiger partial charge in [0.2, 0.25) is 5.88 Å². The fourth-order valence-electron chi connectivity index (χ4n) is 3.90. The van der Waals surface area contributed by atoms with Gasteiger partial charge >= 0.3 is 36.4 Å². The molecule has 0 aliphatic carbocycles. The Labute approximate surface area is 238 Å². The number of anilines is 1. The molecule has 0 radical (unpaired) electrons. The topological polar surface area (TPSA) is 153 Å². The quantitative estimate of drug-likeness (QED) is 0.350. The fourth-order valence-corrected chi connectivity index (χ4v) is 3.90. The van der Waals surface area contributed by atoms with Crippen molar-refractivity contribution in [2.45, 2.75) is 56.8 Å². The number of nitrogens with zero attached hydrogens (tertiary/aromatic N) is 3. The van der Waals surface area contributed by atoms with Crippen LogP contribution >= 0.6 is 0 Å². The van der Waals surface area contributed by atoms with Gasteiger partial charge in [-0.25, -0.2) is 14.4 Å². The van der Waals surface area contributed by atoms with Gasteiger partial charge in [0.15, 0.2) is 0 Å². The molecule has 4 rings (SSSR count). The van der Waals surface area contributed by atoms with Crippen molar-refractivity contribution in [2.75, 3.05) is 44.2 Å². The molecule has 0 unspecified atom stereocenters. The minimum atomic E-state index is -5.08. The molecule has 3 aliphatic heterocycles. The number of ether oxygens (including phenoxy) is 1. The van der Waals surface area contributed by atoms with Crippen LogP contribution in [0.5, 0.6) is 5.88 Å². The minimum absolute atomic E-state index is 0.709. The van der Waals surface area contributed by atoms with Crippen LogP contribution in [-0.4, -0.2) is 107 Å². The fraction of sp³-hybridized carbons (Fsp3) is 0.652. The van der Waals surface area contributed by atoms with E-state index < -0.39 is 36.4 Å². The molecule has 0 aromatic carbocycles. The zero-order valence-corrected chi connectivity index (χ0v) is 22.2. The second kappa shape index (κ2) is 16.3. The maximum atomic E-state index is 10.6. The number of carboxylic acid groups (broad SMARTS) is 3. The van der Waals surface area contributed by atoms with Gasteiger partial charge in [-0.1, -0.05) is 0 Å². The number of halogens is 9. The predicted octanol–water partition coefficient (Wildman–Crippen LogP) is 3.53. The highest BCUT2D eigenvalue weighted by Crippen LogP contribution is 2.27. The summed E-state index contributed by atoms with van der Waals surface area (Å²) in [5.74, 6) is -6.36. The molecule has 0 saturated carbocycles. The summed E-state index contributed by atoms with van der Waals surface area (Å²) in [6.07, 6.45) is -9.95. The Hall–Kier alpha value is -3.55. The molecule has 246 valence electrons. The molecule has 20 heteroatoms. The normalized spacial score (nSPS) is 17.7. The number of pyridine rings is 1. The summed E-state index contributed by atoms with van der Waals surface area (Å²) < 4.78 is 101. The van der Waals surface area contributed by atoms with Crippen LogP contribution in [-0.2, 0) is 20.9 Å². The molecule has 0 amide bonds. The van der Waals surface area contributed by atoms with Gasteiger partial charge < -0.3 is 35.2 Å². The number of piperidine rings is 1. The summed E-state index contributed by atoms with van der Waals surface area (Å²) >= 11 is 0. The minimum Gasteiger partial charge on any atom is -0.476 e. The van der Waals surface area contributed by atoms with Crippen LogP contribution in [0.4, 0.5) is 45.3 Å². The van der Waals surface area contributed by atoms with Crippen LogP contribution < -0.4 is 15.0 Å². The highest BCUT2D eigenvalue weighted by atomic mass is 19.4. The zero-order chi connectivity index (χ0) is 33.0. The summed E-state index contributed by atoms with van der Waals surface area (Å²) in [6.45, 7) is 7.31. The van der Waals surface area contributed by atoms with Gasteiger partial charge in [0.1, 0.15) is 12.4 Å². The lowest BCUT2D eigenvalue weighted by atomic mass is 10.0. The SMILES string of the molecule is O=C(O)C(F)(F)F.O=C(O)C(F)(F)F.O=C(O)C(F)(F)F.c1cc2c(nc1N1CCC(N3CCCC3)CC1)OCCNC2. The number of fused-ring (bicyclic) bond motifs is 1. The summed E-state index contributed by atoms with van der Waals surface area (Å²) in [5, 5.41) is 24.7. The monoisotopic (exact) mass is 644 g/mol. The number of carbonyl (C=O) groups is 3. The number of hydrogen-bond donors (Lipinski definition) is 4. The molecule has 1 aromatic rings. The highest BCUT2D eigenvalue weighted by Gasteiger charge is 2.39. The molecule has 0 spiro atoms. The number of rotatable bonds is 2. The van der Waals surface area contributed by atoms with E-state index in [9.17, 15) is 39.5 Å². The molecule has 2 fully saturated rings. The van der Waals surface area contributed by atoms with Crippen molar-refractivity contribution in [1.82, 2.24) is 15.2 Å². The van der Waals surface area contributed by atoms with Crippen molar-refractivity contribution >= 4 is 23.7 Å². The van der Waals surface area contributed by atoms with E-state index >= 15 is 0 Å². The number of hydrogen-bond acceptors (Lipinski definition) is 8. The van der Waals surface area contributed by atoms with E-state index in [0.717, 1.165) is 43.9 Å². The number of aromatic nitrogens is 1. The van der Waals surface area contributed by atoms with E-state index in [1.165, 1.54) is 44.3 Å². The number of likely N-dealkylation sites (tertiary alicyclic amines) is 1. The number of aliphatic carboxylic acids is 3. The smallest absolute Gasteiger partial charge is 0.476 e. The molecule has 43 heavy (non-hydrogen) atoms. The van der Waals surface area contributed by atoms with Gasteiger partial charge in [0.25, 0.3) is 0 Å². The number of alkyl halides is 9. The van der Waals surface area contributed by atoms with Crippen LogP contribution in [0.1, 0.15) is 31.2 Å². The molecule has 11 nitrogen and oxygen atoms in total. The zero-order valence-electron chi connectivity index (χ0n) is 22.2. The van der Waals surface area contributed by atoms with E-state index in [4.69, 9.17) is 39.4 Å². The standard InChI is InChI=1S/C17H26N4O.3C2HF3O2/c1-2-9-20(8-1)15-5-10-21(11-6-15)16-4-3-14-13-18-7-12-22-17(14)19-16;3*3-2(4,5)1(6)7/h3-4,15,18H,1-2,5-13H2;3*(H,6,7). The van der Waals surface area contributed by atoms with Crippen LogP contribution in [0, 0.1) is 0 Å². The Balaban J connectivity index is 0.000000363. The summed E-state index contributed by atoms with van der Waals surface area (Å²) in [5.41, 5.74) is 1.17. The first kappa shape index (κ1) is 37.5. The van der Waals surface area contributed by atoms with Gasteiger partial charge in [-0.3, -0.25) is 0 Å². The first-order chi connectivity index (χ1) is 19.7. The average Bonchev–Trinajstić information content (AvgIpc) is 3.33. The molecule has 1 aromatic heterocycles. The van der Waals surface area contributed by atoms with E-state index in [1.807, 2.05) is 0 Å². The third kappa shape index (κ3) is 14.0. The predicted molar refractivity (Wildman–Crippen MR) is 129 cm³/mol. The van der Waals surface area contributed by atoms with Crippen molar-refractivity contribution in [2.24, 2.45) is 0 Å². The molecule has 2 saturated heterocycles. The van der Waals surface area contributed by atoms with Crippen LogP contribution in [0.15, 0.2) is 12.1 Å². The molecule has 0 atom stereocenters. The van der Waals surface area contributed by atoms with Crippen molar-refractivity contribution in [1.29, 1.82) is 0 Å². The molecule has 0 bridgehead atoms. The lowest BCUT2D eigenvalue weighted by Gasteiger charge is -2.37. The molecular formula is C23H29F9N4O7. The molecule has 4 N–H and O–H groups in total. The van der Waals surface area contributed by atoms with E-state index in [0.29, 0.717) is 6.61 Å². The molecule has 4 heterocycles. The largest absolute Gasteiger partial charge is 0.490 e. The maximum absolute atomic E-state index is 10.6. The first-order valence-electron chi connectivity index (χ1n) is 12.5. The number of carboxylic acids is 3. The summed E-state index contributed by atoms with van der Waals surface area (Å²) in [4.78, 5) is 36.6. The van der Waals surface area contributed by atoms with Crippen molar-refractivity contribution in [3.05, 3.63) is 17.7 Å². The van der Waals surface area contributed by atoms with Gasteiger partial charge in [-0.05, 0) is 50.9 Å². The Bertz CT molecular complexity index is 998. The summed E-state index contributed by atoms with van der Waals surface area (Å²) in [7, 11) is 0. The maximum Gasteiger partial charge on any atom is 0.490 e. The first-order valence-corrected chi connectivity index (χ1v) is 12.5. The van der Waals surface area contributed by atoms with E-state index in [2.05, 4.69) is 27.2 Å². The van der Waals surface area contributed by atoms with Crippen molar-refractivity contribution in [3.63, 3.8) is 0 Å². The second-order valence-corrected chi connectivity index (χ2v) is 9.03. The van der Waals surface area contributed by atoms with Crippen molar-refractivity contribution in [3.8, 4) is 5.88 Å². The molecular weight excluding hydrogens is 615 g/mol. The van der Waals surface area contributed by atoms with Gasteiger partial charge in [0, 0.05) is 37.8 Å². The lowest BCUT2D eigenvalue weighted by molar-refractivity contribution is -0.193.